The molecule has 0 aromatic rings. The summed E-state index contributed by atoms with van der Waals surface area (Å²) in [6.07, 6.45) is 6.01. The quantitative estimate of drug-likeness (QED) is 0.670. The molecule has 1 aliphatic carbocycles. The van der Waals surface area contributed by atoms with Gasteiger partial charge in [0.05, 0.1) is 6.04 Å². The van der Waals surface area contributed by atoms with Crippen molar-refractivity contribution in [1.29, 1.82) is 0 Å². The van der Waals surface area contributed by atoms with Gasteiger partial charge < -0.3 is 15.5 Å². The van der Waals surface area contributed by atoms with Gasteiger partial charge in [-0.05, 0) is 39.3 Å². The van der Waals surface area contributed by atoms with Crippen LogP contribution in [0.2, 0.25) is 0 Å². The minimum Gasteiger partial charge on any atom is -0.352 e. The molecular weight excluding hydrogens is 238 g/mol. The van der Waals surface area contributed by atoms with Crippen LogP contribution in [0.3, 0.4) is 0 Å². The minimum absolute atomic E-state index is 0.0825. The maximum Gasteiger partial charge on any atom is 0.237 e. The van der Waals surface area contributed by atoms with Crippen molar-refractivity contribution in [1.82, 2.24) is 15.5 Å². The van der Waals surface area contributed by atoms with E-state index in [2.05, 4.69) is 29.4 Å². The number of carbonyl (C=O) groups excluding carboxylic acids is 1. The van der Waals surface area contributed by atoms with Crippen LogP contribution in [-0.2, 0) is 4.79 Å². The summed E-state index contributed by atoms with van der Waals surface area (Å²) >= 11 is 0. The average Bonchev–Trinajstić information content (AvgIpc) is 2.90. The molecule has 1 atom stereocenters. The maximum absolute atomic E-state index is 12.0. The molecule has 1 unspecified atom stereocenters. The number of likely N-dealkylation sites (N-methyl/N-ethyl adjacent to an activating group) is 1. The van der Waals surface area contributed by atoms with Crippen molar-refractivity contribution in [2.24, 2.45) is 0 Å². The first kappa shape index (κ1) is 16.4. The zero-order valence-corrected chi connectivity index (χ0v) is 12.9. The number of carbonyl (C=O) groups is 1. The van der Waals surface area contributed by atoms with Gasteiger partial charge in [0.2, 0.25) is 5.91 Å². The highest BCUT2D eigenvalue weighted by atomic mass is 16.2. The molecule has 2 N–H and O–H groups in total. The Morgan fingerprint density at radius 1 is 1.26 bits per heavy atom. The van der Waals surface area contributed by atoms with Gasteiger partial charge in [-0.25, -0.2) is 0 Å². The zero-order valence-electron chi connectivity index (χ0n) is 12.9. The van der Waals surface area contributed by atoms with Crippen molar-refractivity contribution >= 4 is 5.91 Å². The van der Waals surface area contributed by atoms with Crippen LogP contribution in [0.25, 0.3) is 0 Å². The van der Waals surface area contributed by atoms with Crippen LogP contribution in [0.4, 0.5) is 0 Å². The third-order valence-electron chi connectivity index (χ3n) is 3.96. The molecule has 0 aliphatic heterocycles. The number of nitrogens with zero attached hydrogens (tertiary/aromatic N) is 1. The Bertz CT molecular complexity index is 252. The Morgan fingerprint density at radius 2 is 1.95 bits per heavy atom. The number of rotatable bonds is 9. The Morgan fingerprint density at radius 3 is 2.53 bits per heavy atom. The van der Waals surface area contributed by atoms with E-state index in [1.807, 2.05) is 6.92 Å². The lowest BCUT2D eigenvalue weighted by Gasteiger charge is -2.22. The average molecular weight is 269 g/mol. The van der Waals surface area contributed by atoms with Crippen molar-refractivity contribution in [2.45, 2.75) is 65.0 Å². The molecule has 19 heavy (non-hydrogen) atoms. The van der Waals surface area contributed by atoms with Gasteiger partial charge >= 0.3 is 0 Å². The van der Waals surface area contributed by atoms with Gasteiger partial charge in [0, 0.05) is 19.1 Å². The lowest BCUT2D eigenvalue weighted by Crippen LogP contribution is -2.47. The molecule has 1 saturated carbocycles. The largest absolute Gasteiger partial charge is 0.352 e. The Labute approximate surface area is 118 Å². The maximum atomic E-state index is 12.0. The molecule has 0 spiro atoms. The minimum atomic E-state index is -0.0825. The van der Waals surface area contributed by atoms with Crippen LogP contribution in [0.5, 0.6) is 0 Å². The van der Waals surface area contributed by atoms with Crippen molar-refractivity contribution in [3.63, 3.8) is 0 Å². The summed E-state index contributed by atoms with van der Waals surface area (Å²) in [6.45, 7) is 10.5. The van der Waals surface area contributed by atoms with Crippen molar-refractivity contribution in [3.05, 3.63) is 0 Å². The molecule has 0 radical (unpaired) electrons. The molecule has 0 heterocycles. The van der Waals surface area contributed by atoms with Crippen LogP contribution >= 0.6 is 0 Å². The number of amides is 1. The van der Waals surface area contributed by atoms with E-state index in [-0.39, 0.29) is 11.9 Å². The van der Waals surface area contributed by atoms with Gasteiger partial charge in [0.15, 0.2) is 0 Å². The molecule has 1 aliphatic rings. The molecule has 112 valence electrons. The Kier molecular flexibility index (Phi) is 8.07. The van der Waals surface area contributed by atoms with Gasteiger partial charge in [0.25, 0.3) is 0 Å². The Balaban J connectivity index is 2.14. The fraction of sp³-hybridized carbons (Fsp3) is 0.933. The second-order valence-electron chi connectivity index (χ2n) is 5.60. The fourth-order valence-corrected chi connectivity index (χ4v) is 2.67. The third kappa shape index (κ3) is 6.39. The number of hydrogen-bond donors (Lipinski definition) is 2. The summed E-state index contributed by atoms with van der Waals surface area (Å²) < 4.78 is 0. The molecule has 4 heteroatoms. The molecule has 0 aromatic carbocycles. The highest BCUT2D eigenvalue weighted by molar-refractivity contribution is 5.81. The van der Waals surface area contributed by atoms with Gasteiger partial charge in [0.1, 0.15) is 0 Å². The van der Waals surface area contributed by atoms with E-state index >= 15 is 0 Å². The lowest BCUT2D eigenvalue weighted by molar-refractivity contribution is -0.123. The lowest BCUT2D eigenvalue weighted by atomic mass is 10.2. The van der Waals surface area contributed by atoms with Crippen molar-refractivity contribution in [3.8, 4) is 0 Å². The zero-order chi connectivity index (χ0) is 14.1. The number of hydrogen-bond acceptors (Lipinski definition) is 3. The van der Waals surface area contributed by atoms with E-state index in [0.29, 0.717) is 6.04 Å². The molecule has 0 aromatic heterocycles. The summed E-state index contributed by atoms with van der Waals surface area (Å²) in [5.74, 6) is 0.158. The second kappa shape index (κ2) is 9.32. The van der Waals surface area contributed by atoms with Gasteiger partial charge in [-0.3, -0.25) is 4.79 Å². The van der Waals surface area contributed by atoms with E-state index in [0.717, 1.165) is 39.0 Å². The topological polar surface area (TPSA) is 44.4 Å². The first-order valence-electron chi connectivity index (χ1n) is 7.93. The van der Waals surface area contributed by atoms with Crippen LogP contribution in [-0.4, -0.2) is 49.1 Å². The third-order valence-corrected chi connectivity index (χ3v) is 3.96. The highest BCUT2D eigenvalue weighted by Gasteiger charge is 2.20. The van der Waals surface area contributed by atoms with Crippen molar-refractivity contribution < 1.29 is 4.79 Å². The summed E-state index contributed by atoms with van der Waals surface area (Å²) in [6, 6.07) is 0.338. The molecular formula is C15H31N3O. The number of nitrogens with one attached hydrogen (secondary N) is 2. The van der Waals surface area contributed by atoms with E-state index in [4.69, 9.17) is 0 Å². The Hall–Kier alpha value is -0.610. The summed E-state index contributed by atoms with van der Waals surface area (Å²) in [5.41, 5.74) is 0. The molecule has 1 rings (SSSR count). The predicted molar refractivity (Wildman–Crippen MR) is 80.3 cm³/mol. The van der Waals surface area contributed by atoms with Crippen LogP contribution in [0.15, 0.2) is 0 Å². The first-order chi connectivity index (χ1) is 9.17. The summed E-state index contributed by atoms with van der Waals surface area (Å²) in [7, 11) is 0. The van der Waals surface area contributed by atoms with Crippen LogP contribution in [0.1, 0.15) is 52.9 Å². The molecule has 0 saturated heterocycles. The van der Waals surface area contributed by atoms with Crippen LogP contribution < -0.4 is 10.6 Å². The van der Waals surface area contributed by atoms with E-state index in [1.165, 1.54) is 19.3 Å². The molecule has 4 nitrogen and oxygen atoms in total. The SMILES string of the molecule is CCCN(CC)CCNC(C)C(=O)NC1CCCC1. The van der Waals surface area contributed by atoms with Crippen LogP contribution in [0, 0.1) is 0 Å². The fourth-order valence-electron chi connectivity index (χ4n) is 2.67. The van der Waals surface area contributed by atoms with E-state index in [1.54, 1.807) is 0 Å². The van der Waals surface area contributed by atoms with Gasteiger partial charge in [-0.1, -0.05) is 26.7 Å². The second-order valence-corrected chi connectivity index (χ2v) is 5.60. The van der Waals surface area contributed by atoms with Gasteiger partial charge in [-0.2, -0.15) is 0 Å². The normalized spacial score (nSPS) is 17.9. The molecule has 1 fully saturated rings. The standard InChI is InChI=1S/C15H31N3O/c1-4-11-18(5-2)12-10-16-13(3)15(19)17-14-8-6-7-9-14/h13-14,16H,4-12H2,1-3H3,(H,17,19). The van der Waals surface area contributed by atoms with Gasteiger partial charge in [-0.15, -0.1) is 0 Å². The van der Waals surface area contributed by atoms with E-state index in [9.17, 15) is 4.79 Å². The molecule has 0 bridgehead atoms. The highest BCUT2D eigenvalue weighted by Crippen LogP contribution is 2.17. The molecule has 1 amide bonds. The first-order valence-corrected chi connectivity index (χ1v) is 7.93. The van der Waals surface area contributed by atoms with Crippen molar-refractivity contribution in [2.75, 3.05) is 26.2 Å². The predicted octanol–water partition coefficient (Wildman–Crippen LogP) is 1.76. The summed E-state index contributed by atoms with van der Waals surface area (Å²) in [5, 5.41) is 6.47. The smallest absolute Gasteiger partial charge is 0.237 e. The summed E-state index contributed by atoms with van der Waals surface area (Å²) in [4.78, 5) is 14.4. The van der Waals surface area contributed by atoms with E-state index < -0.39 is 0 Å². The monoisotopic (exact) mass is 269 g/mol.